The predicted molar refractivity (Wildman–Crippen MR) is 93.9 cm³/mol. The fourth-order valence-electron chi connectivity index (χ4n) is 3.43. The zero-order valence-corrected chi connectivity index (χ0v) is 14.6. The van der Waals surface area contributed by atoms with E-state index in [1.165, 1.54) is 0 Å². The maximum absolute atomic E-state index is 12.6. The van der Waals surface area contributed by atoms with Crippen LogP contribution >= 0.6 is 0 Å². The topological polar surface area (TPSA) is 97.6 Å². The minimum atomic E-state index is -0.408. The van der Waals surface area contributed by atoms with Gasteiger partial charge in [-0.3, -0.25) is 9.59 Å². The molecule has 3 rings (SSSR count). The molecule has 0 aromatic carbocycles. The van der Waals surface area contributed by atoms with E-state index in [1.807, 2.05) is 13.0 Å². The summed E-state index contributed by atoms with van der Waals surface area (Å²) in [6.07, 6.45) is 4.42. The number of aromatic nitrogens is 1. The van der Waals surface area contributed by atoms with Crippen LogP contribution in [-0.2, 0) is 14.3 Å². The number of likely N-dealkylation sites (tertiary alicyclic amines) is 1. The maximum atomic E-state index is 12.6. The van der Waals surface area contributed by atoms with Crippen LogP contribution in [0, 0.1) is 12.8 Å². The van der Waals surface area contributed by atoms with E-state index in [9.17, 15) is 9.59 Å². The van der Waals surface area contributed by atoms with Crippen LogP contribution in [0.2, 0.25) is 0 Å². The number of pyridine rings is 1. The van der Waals surface area contributed by atoms with E-state index >= 15 is 0 Å². The third-order valence-electron chi connectivity index (χ3n) is 4.91. The quantitative estimate of drug-likeness (QED) is 0.850. The SMILES string of the molecule is Cc1ccc(NC(=O)C2CCCN(C(=O)[C@@H]3CC[C@H](CN)O3)C2)nc1. The van der Waals surface area contributed by atoms with Gasteiger partial charge in [0.25, 0.3) is 5.91 Å². The molecule has 3 atom stereocenters. The fraction of sp³-hybridized carbons (Fsp3) is 0.611. The summed E-state index contributed by atoms with van der Waals surface area (Å²) in [5, 5.41) is 2.85. The van der Waals surface area contributed by atoms with Gasteiger partial charge in [0.15, 0.2) is 0 Å². The summed E-state index contributed by atoms with van der Waals surface area (Å²) >= 11 is 0. The zero-order chi connectivity index (χ0) is 17.8. The second-order valence-electron chi connectivity index (χ2n) is 6.89. The Kier molecular flexibility index (Phi) is 5.65. The van der Waals surface area contributed by atoms with Gasteiger partial charge in [-0.2, -0.15) is 0 Å². The van der Waals surface area contributed by atoms with Crippen molar-refractivity contribution >= 4 is 17.6 Å². The standard InChI is InChI=1S/C18H26N4O3/c1-12-4-7-16(20-10-12)21-17(23)13-3-2-8-22(11-13)18(24)15-6-5-14(9-19)25-15/h4,7,10,13-15H,2-3,5-6,8-9,11,19H2,1H3,(H,20,21,23)/t13?,14-,15+/m1/s1. The molecule has 1 unspecified atom stereocenters. The number of nitrogens with two attached hydrogens (primary N) is 1. The van der Waals surface area contributed by atoms with Crippen LogP contribution in [0.3, 0.4) is 0 Å². The second-order valence-corrected chi connectivity index (χ2v) is 6.89. The molecule has 1 aromatic heterocycles. The molecule has 0 radical (unpaired) electrons. The first-order valence-electron chi connectivity index (χ1n) is 8.94. The number of piperidine rings is 1. The summed E-state index contributed by atoms with van der Waals surface area (Å²) in [6, 6.07) is 3.70. The third-order valence-corrected chi connectivity index (χ3v) is 4.91. The molecule has 2 fully saturated rings. The first-order valence-corrected chi connectivity index (χ1v) is 8.94. The number of aryl methyl sites for hydroxylation is 1. The van der Waals surface area contributed by atoms with Crippen molar-refractivity contribution in [1.29, 1.82) is 0 Å². The highest BCUT2D eigenvalue weighted by atomic mass is 16.5. The Morgan fingerprint density at radius 2 is 2.20 bits per heavy atom. The lowest BCUT2D eigenvalue weighted by atomic mass is 9.96. The van der Waals surface area contributed by atoms with Gasteiger partial charge in [0.05, 0.1) is 12.0 Å². The van der Waals surface area contributed by atoms with Crippen LogP contribution in [0.15, 0.2) is 18.3 Å². The fourth-order valence-corrected chi connectivity index (χ4v) is 3.43. The Bertz CT molecular complexity index is 619. The number of carbonyl (C=O) groups is 2. The van der Waals surface area contributed by atoms with E-state index in [2.05, 4.69) is 10.3 Å². The van der Waals surface area contributed by atoms with E-state index in [0.717, 1.165) is 24.8 Å². The Balaban J connectivity index is 1.56. The molecule has 0 bridgehead atoms. The number of ether oxygens (including phenoxy) is 1. The van der Waals surface area contributed by atoms with Gasteiger partial charge in [0, 0.05) is 25.8 Å². The van der Waals surface area contributed by atoms with Gasteiger partial charge < -0.3 is 20.7 Å². The summed E-state index contributed by atoms with van der Waals surface area (Å²) in [4.78, 5) is 31.1. The minimum absolute atomic E-state index is 0.0121. The average Bonchev–Trinajstić information content (AvgIpc) is 3.12. The highest BCUT2D eigenvalue weighted by Crippen LogP contribution is 2.24. The maximum Gasteiger partial charge on any atom is 0.251 e. The molecule has 0 aliphatic carbocycles. The van der Waals surface area contributed by atoms with Crippen LogP contribution in [-0.4, -0.2) is 53.5 Å². The number of amides is 2. The monoisotopic (exact) mass is 346 g/mol. The molecule has 3 heterocycles. The van der Waals surface area contributed by atoms with Crippen LogP contribution in [0.4, 0.5) is 5.82 Å². The number of hydrogen-bond acceptors (Lipinski definition) is 5. The van der Waals surface area contributed by atoms with Gasteiger partial charge in [0.2, 0.25) is 5.91 Å². The van der Waals surface area contributed by atoms with Crippen molar-refractivity contribution in [3.63, 3.8) is 0 Å². The lowest BCUT2D eigenvalue weighted by Gasteiger charge is -2.33. The molecule has 3 N–H and O–H groups in total. The summed E-state index contributed by atoms with van der Waals surface area (Å²) in [5.41, 5.74) is 6.65. The van der Waals surface area contributed by atoms with E-state index < -0.39 is 6.10 Å². The van der Waals surface area contributed by atoms with Crippen molar-refractivity contribution in [1.82, 2.24) is 9.88 Å². The number of rotatable bonds is 4. The van der Waals surface area contributed by atoms with E-state index in [0.29, 0.717) is 31.9 Å². The number of nitrogens with zero attached hydrogens (tertiary/aromatic N) is 2. The highest BCUT2D eigenvalue weighted by molar-refractivity contribution is 5.92. The predicted octanol–water partition coefficient (Wildman–Crippen LogP) is 1.07. The molecule has 136 valence electrons. The van der Waals surface area contributed by atoms with E-state index in [4.69, 9.17) is 10.5 Å². The minimum Gasteiger partial charge on any atom is -0.364 e. The summed E-state index contributed by atoms with van der Waals surface area (Å²) < 4.78 is 5.70. The molecule has 25 heavy (non-hydrogen) atoms. The highest BCUT2D eigenvalue weighted by Gasteiger charge is 2.36. The summed E-state index contributed by atoms with van der Waals surface area (Å²) in [6.45, 7) is 3.50. The van der Waals surface area contributed by atoms with Crippen molar-refractivity contribution in [2.75, 3.05) is 25.0 Å². The average molecular weight is 346 g/mol. The molecule has 1 aromatic rings. The van der Waals surface area contributed by atoms with Crippen LogP contribution in [0.25, 0.3) is 0 Å². The first kappa shape index (κ1) is 17.8. The number of carbonyl (C=O) groups excluding carboxylic acids is 2. The molecule has 7 nitrogen and oxygen atoms in total. The second kappa shape index (κ2) is 7.93. The van der Waals surface area contributed by atoms with Gasteiger partial charge in [-0.1, -0.05) is 6.07 Å². The number of anilines is 1. The van der Waals surface area contributed by atoms with Crippen molar-refractivity contribution in [2.45, 2.75) is 44.8 Å². The van der Waals surface area contributed by atoms with Crippen molar-refractivity contribution < 1.29 is 14.3 Å². The molecule has 0 saturated carbocycles. The van der Waals surface area contributed by atoms with Crippen molar-refractivity contribution in [3.05, 3.63) is 23.9 Å². The summed E-state index contributed by atoms with van der Waals surface area (Å²) in [5.74, 6) is 0.236. The van der Waals surface area contributed by atoms with Gasteiger partial charge in [0.1, 0.15) is 11.9 Å². The molecular formula is C18H26N4O3. The van der Waals surface area contributed by atoms with Crippen molar-refractivity contribution in [3.8, 4) is 0 Å². The van der Waals surface area contributed by atoms with E-state index in [-0.39, 0.29) is 23.8 Å². The van der Waals surface area contributed by atoms with Crippen LogP contribution in [0.1, 0.15) is 31.2 Å². The normalized spacial score (nSPS) is 26.5. The number of nitrogens with one attached hydrogen (secondary N) is 1. The molecular weight excluding hydrogens is 320 g/mol. The molecule has 7 heteroatoms. The van der Waals surface area contributed by atoms with Crippen molar-refractivity contribution in [2.24, 2.45) is 11.7 Å². The molecule has 2 saturated heterocycles. The van der Waals surface area contributed by atoms with E-state index in [1.54, 1.807) is 17.2 Å². The molecule has 0 spiro atoms. The molecule has 2 aliphatic rings. The third kappa shape index (κ3) is 4.35. The summed E-state index contributed by atoms with van der Waals surface area (Å²) in [7, 11) is 0. The number of hydrogen-bond donors (Lipinski definition) is 2. The van der Waals surface area contributed by atoms with Gasteiger partial charge >= 0.3 is 0 Å². The smallest absolute Gasteiger partial charge is 0.251 e. The Morgan fingerprint density at radius 1 is 1.36 bits per heavy atom. The molecule has 2 amide bonds. The van der Waals surface area contributed by atoms with Gasteiger partial charge in [-0.15, -0.1) is 0 Å². The Hall–Kier alpha value is -1.99. The van der Waals surface area contributed by atoms with Gasteiger partial charge in [-0.25, -0.2) is 4.98 Å². The van der Waals surface area contributed by atoms with Crippen LogP contribution in [0.5, 0.6) is 0 Å². The zero-order valence-electron chi connectivity index (χ0n) is 14.6. The van der Waals surface area contributed by atoms with Crippen LogP contribution < -0.4 is 11.1 Å². The largest absolute Gasteiger partial charge is 0.364 e. The Morgan fingerprint density at radius 3 is 2.88 bits per heavy atom. The Labute approximate surface area is 147 Å². The lowest BCUT2D eigenvalue weighted by Crippen LogP contribution is -2.47. The van der Waals surface area contributed by atoms with Gasteiger partial charge in [-0.05, 0) is 44.2 Å². The first-order chi connectivity index (χ1) is 12.1. The molecule has 2 aliphatic heterocycles. The lowest BCUT2D eigenvalue weighted by molar-refractivity contribution is -0.145.